The van der Waals surface area contributed by atoms with Crippen LogP contribution in [0.3, 0.4) is 0 Å². The quantitative estimate of drug-likeness (QED) is 0.730. The van der Waals surface area contributed by atoms with Crippen molar-refractivity contribution in [2.24, 2.45) is 7.05 Å². The zero-order valence-electron chi connectivity index (χ0n) is 13.2. The van der Waals surface area contributed by atoms with Crippen molar-refractivity contribution < 1.29 is 0 Å². The molecule has 2 aromatic heterocycles. The van der Waals surface area contributed by atoms with E-state index < -0.39 is 0 Å². The van der Waals surface area contributed by atoms with Crippen molar-refractivity contribution >= 4 is 0 Å². The largest absolute Gasteiger partial charge is 0.302 e. The van der Waals surface area contributed by atoms with E-state index in [1.165, 1.54) is 22.5 Å². The Morgan fingerprint density at radius 2 is 1.86 bits per heavy atom. The minimum absolute atomic E-state index is 0.0883. The van der Waals surface area contributed by atoms with Gasteiger partial charge in [0.1, 0.15) is 11.6 Å². The summed E-state index contributed by atoms with van der Waals surface area (Å²) in [4.78, 5) is 20.9. The van der Waals surface area contributed by atoms with Crippen LogP contribution in [-0.4, -0.2) is 19.1 Å². The van der Waals surface area contributed by atoms with Crippen molar-refractivity contribution in [1.82, 2.24) is 19.1 Å². The fourth-order valence-electron chi connectivity index (χ4n) is 2.62. The van der Waals surface area contributed by atoms with Crippen molar-refractivity contribution in [2.75, 3.05) is 0 Å². The highest BCUT2D eigenvalue weighted by Crippen LogP contribution is 2.25. The van der Waals surface area contributed by atoms with Crippen LogP contribution in [-0.2, 0) is 7.05 Å². The van der Waals surface area contributed by atoms with Gasteiger partial charge in [0.15, 0.2) is 0 Å². The standard InChI is InChI=1S/C17H18N4O/c1-11-6-5-7-14(8-11)17-12(2)21(13(3)19-17)15-9-16(22)20(4)10-18-15/h5-10H,1-4H3. The fraction of sp³-hybridized carbons (Fsp3) is 0.235. The monoisotopic (exact) mass is 294 g/mol. The average Bonchev–Trinajstić information content (AvgIpc) is 2.77. The number of rotatable bonds is 2. The molecule has 0 fully saturated rings. The predicted molar refractivity (Wildman–Crippen MR) is 86.2 cm³/mol. The van der Waals surface area contributed by atoms with Crippen LogP contribution >= 0.6 is 0 Å². The smallest absolute Gasteiger partial charge is 0.255 e. The van der Waals surface area contributed by atoms with Crippen molar-refractivity contribution in [3.8, 4) is 17.1 Å². The molecule has 3 aromatic rings. The number of imidazole rings is 1. The molecular formula is C17H18N4O. The van der Waals surface area contributed by atoms with E-state index in [1.807, 2.05) is 30.5 Å². The van der Waals surface area contributed by atoms with Gasteiger partial charge in [0.05, 0.1) is 12.0 Å². The summed E-state index contributed by atoms with van der Waals surface area (Å²) >= 11 is 0. The molecule has 0 aliphatic carbocycles. The highest BCUT2D eigenvalue weighted by Gasteiger charge is 2.15. The lowest BCUT2D eigenvalue weighted by molar-refractivity contribution is 0.794. The molecular weight excluding hydrogens is 276 g/mol. The predicted octanol–water partition coefficient (Wildman–Crippen LogP) is 2.56. The van der Waals surface area contributed by atoms with Crippen LogP contribution in [0, 0.1) is 20.8 Å². The molecule has 0 spiro atoms. The van der Waals surface area contributed by atoms with Gasteiger partial charge in [-0.1, -0.05) is 23.8 Å². The van der Waals surface area contributed by atoms with E-state index in [-0.39, 0.29) is 5.56 Å². The SMILES string of the molecule is Cc1cccc(-c2nc(C)n(-c3cc(=O)n(C)cn3)c2C)c1. The first-order valence-corrected chi connectivity index (χ1v) is 7.13. The van der Waals surface area contributed by atoms with Gasteiger partial charge in [0.2, 0.25) is 0 Å². The first kappa shape index (κ1) is 14.3. The Labute approximate surface area is 128 Å². The second kappa shape index (κ2) is 5.26. The van der Waals surface area contributed by atoms with Gasteiger partial charge in [0, 0.05) is 24.4 Å². The molecule has 0 bridgehead atoms. The molecule has 0 atom stereocenters. The molecule has 0 aliphatic rings. The summed E-state index contributed by atoms with van der Waals surface area (Å²) in [6.45, 7) is 5.98. The molecule has 5 nitrogen and oxygen atoms in total. The van der Waals surface area contributed by atoms with Crippen LogP contribution in [0.5, 0.6) is 0 Å². The third-order valence-corrected chi connectivity index (χ3v) is 3.76. The van der Waals surface area contributed by atoms with Gasteiger partial charge in [0.25, 0.3) is 5.56 Å². The first-order chi connectivity index (χ1) is 10.5. The second-order valence-electron chi connectivity index (χ2n) is 5.49. The maximum Gasteiger partial charge on any atom is 0.255 e. The van der Waals surface area contributed by atoms with Crippen molar-refractivity contribution in [2.45, 2.75) is 20.8 Å². The molecule has 5 heteroatoms. The summed E-state index contributed by atoms with van der Waals surface area (Å²) in [7, 11) is 1.69. The molecule has 0 saturated carbocycles. The normalized spacial score (nSPS) is 10.9. The maximum absolute atomic E-state index is 11.8. The summed E-state index contributed by atoms with van der Waals surface area (Å²) in [5, 5.41) is 0. The first-order valence-electron chi connectivity index (χ1n) is 7.13. The molecule has 0 saturated heterocycles. The van der Waals surface area contributed by atoms with Crippen LogP contribution in [0.1, 0.15) is 17.1 Å². The van der Waals surface area contributed by atoms with Gasteiger partial charge in [-0.3, -0.25) is 9.36 Å². The summed E-state index contributed by atoms with van der Waals surface area (Å²) in [5.74, 6) is 1.42. The summed E-state index contributed by atoms with van der Waals surface area (Å²) in [6, 6.07) is 9.77. The molecule has 2 heterocycles. The van der Waals surface area contributed by atoms with Gasteiger partial charge in [-0.25, -0.2) is 9.97 Å². The van der Waals surface area contributed by atoms with Crippen molar-refractivity contribution in [1.29, 1.82) is 0 Å². The summed E-state index contributed by atoms with van der Waals surface area (Å²) in [6.07, 6.45) is 1.53. The topological polar surface area (TPSA) is 52.7 Å². The molecule has 22 heavy (non-hydrogen) atoms. The highest BCUT2D eigenvalue weighted by molar-refractivity contribution is 5.64. The third kappa shape index (κ3) is 2.35. The Morgan fingerprint density at radius 3 is 2.55 bits per heavy atom. The van der Waals surface area contributed by atoms with Gasteiger partial charge < -0.3 is 4.57 Å². The Bertz CT molecular complexity index is 905. The van der Waals surface area contributed by atoms with E-state index in [0.717, 1.165) is 22.8 Å². The van der Waals surface area contributed by atoms with Crippen LogP contribution in [0.25, 0.3) is 17.1 Å². The fourth-order valence-corrected chi connectivity index (χ4v) is 2.62. The number of hydrogen-bond acceptors (Lipinski definition) is 3. The summed E-state index contributed by atoms with van der Waals surface area (Å²) < 4.78 is 3.37. The average molecular weight is 294 g/mol. The van der Waals surface area contributed by atoms with Crippen LogP contribution in [0.4, 0.5) is 0 Å². The third-order valence-electron chi connectivity index (χ3n) is 3.76. The Balaban J connectivity index is 2.18. The van der Waals surface area contributed by atoms with Gasteiger partial charge in [-0.05, 0) is 26.8 Å². The van der Waals surface area contributed by atoms with E-state index in [9.17, 15) is 4.79 Å². The Morgan fingerprint density at radius 1 is 1.09 bits per heavy atom. The van der Waals surface area contributed by atoms with E-state index in [1.54, 1.807) is 7.05 Å². The van der Waals surface area contributed by atoms with E-state index in [0.29, 0.717) is 5.82 Å². The molecule has 0 N–H and O–H groups in total. The molecule has 112 valence electrons. The second-order valence-corrected chi connectivity index (χ2v) is 5.49. The molecule has 1 aromatic carbocycles. The lowest BCUT2D eigenvalue weighted by Crippen LogP contribution is -2.18. The van der Waals surface area contributed by atoms with Crippen molar-refractivity contribution in [3.05, 3.63) is 64.1 Å². The highest BCUT2D eigenvalue weighted by atomic mass is 16.1. The summed E-state index contributed by atoms with van der Waals surface area (Å²) in [5.41, 5.74) is 4.07. The molecule has 3 rings (SSSR count). The number of benzene rings is 1. The number of aromatic nitrogens is 4. The van der Waals surface area contributed by atoms with Gasteiger partial charge >= 0.3 is 0 Å². The maximum atomic E-state index is 11.8. The number of hydrogen-bond donors (Lipinski definition) is 0. The number of aryl methyl sites for hydroxylation is 3. The number of nitrogens with zero attached hydrogens (tertiary/aromatic N) is 4. The Hall–Kier alpha value is -2.69. The lowest BCUT2D eigenvalue weighted by atomic mass is 10.1. The lowest BCUT2D eigenvalue weighted by Gasteiger charge is -2.07. The van der Waals surface area contributed by atoms with E-state index in [2.05, 4.69) is 29.0 Å². The zero-order valence-corrected chi connectivity index (χ0v) is 13.2. The molecule has 0 radical (unpaired) electrons. The zero-order chi connectivity index (χ0) is 15.9. The Kier molecular flexibility index (Phi) is 3.41. The van der Waals surface area contributed by atoms with Crippen LogP contribution in [0.2, 0.25) is 0 Å². The minimum Gasteiger partial charge on any atom is -0.302 e. The minimum atomic E-state index is -0.0883. The molecule has 0 aliphatic heterocycles. The van der Waals surface area contributed by atoms with Crippen molar-refractivity contribution in [3.63, 3.8) is 0 Å². The molecule has 0 unspecified atom stereocenters. The van der Waals surface area contributed by atoms with Crippen LogP contribution in [0.15, 0.2) is 41.5 Å². The van der Waals surface area contributed by atoms with E-state index in [4.69, 9.17) is 0 Å². The molecule has 0 amide bonds. The van der Waals surface area contributed by atoms with E-state index >= 15 is 0 Å². The van der Waals surface area contributed by atoms with Gasteiger partial charge in [-0.2, -0.15) is 0 Å². The van der Waals surface area contributed by atoms with Gasteiger partial charge in [-0.15, -0.1) is 0 Å². The van der Waals surface area contributed by atoms with Crippen LogP contribution < -0.4 is 5.56 Å².